The van der Waals surface area contributed by atoms with E-state index in [1.54, 1.807) is 24.5 Å². The number of para-hydroxylation sites is 2. The molecular formula is C25H23FN6OS. The maximum atomic E-state index is 14.1. The molecule has 1 amide bonds. The third kappa shape index (κ3) is 4.65. The highest BCUT2D eigenvalue weighted by molar-refractivity contribution is 7.99. The molecule has 2 aromatic heterocycles. The van der Waals surface area contributed by atoms with Crippen LogP contribution in [0.3, 0.4) is 0 Å². The van der Waals surface area contributed by atoms with Crippen LogP contribution in [0.2, 0.25) is 0 Å². The standard InChI is InChI=1S/C25H23FN6OS/c26-21-8-4-5-9-22(21)30-14-16-31(17-15-30)23(33)18-34-25-29-28-24(19-10-12-27-13-11-19)32(25)20-6-2-1-3-7-20/h1-13H,14-18H2. The van der Waals surface area contributed by atoms with Crippen LogP contribution in [0.25, 0.3) is 17.1 Å². The monoisotopic (exact) mass is 474 g/mol. The van der Waals surface area contributed by atoms with E-state index in [1.807, 2.05) is 62.9 Å². The van der Waals surface area contributed by atoms with Crippen LogP contribution in [0.1, 0.15) is 0 Å². The van der Waals surface area contributed by atoms with Gasteiger partial charge < -0.3 is 9.80 Å². The molecule has 0 spiro atoms. The van der Waals surface area contributed by atoms with Crippen molar-refractivity contribution in [1.29, 1.82) is 0 Å². The molecule has 0 atom stereocenters. The summed E-state index contributed by atoms with van der Waals surface area (Å²) in [5.41, 5.74) is 2.41. The van der Waals surface area contributed by atoms with E-state index >= 15 is 0 Å². The zero-order chi connectivity index (χ0) is 23.3. The maximum Gasteiger partial charge on any atom is 0.233 e. The molecule has 0 N–H and O–H groups in total. The van der Waals surface area contributed by atoms with E-state index in [0.717, 1.165) is 11.3 Å². The largest absolute Gasteiger partial charge is 0.366 e. The fraction of sp³-hybridized carbons (Fsp3) is 0.200. The Kier molecular flexibility index (Phi) is 6.53. The highest BCUT2D eigenvalue weighted by Crippen LogP contribution is 2.28. The number of hydrogen-bond acceptors (Lipinski definition) is 6. The lowest BCUT2D eigenvalue weighted by atomic mass is 10.2. The molecule has 7 nitrogen and oxygen atoms in total. The van der Waals surface area contributed by atoms with E-state index in [4.69, 9.17) is 0 Å². The minimum atomic E-state index is -0.233. The van der Waals surface area contributed by atoms with Crippen molar-refractivity contribution in [2.75, 3.05) is 36.8 Å². The second-order valence-electron chi connectivity index (χ2n) is 7.82. The normalized spacial score (nSPS) is 13.8. The summed E-state index contributed by atoms with van der Waals surface area (Å²) in [6, 6.07) is 20.4. The van der Waals surface area contributed by atoms with Crippen LogP contribution < -0.4 is 4.90 Å². The van der Waals surface area contributed by atoms with Gasteiger partial charge in [-0.15, -0.1) is 10.2 Å². The summed E-state index contributed by atoms with van der Waals surface area (Å²) >= 11 is 1.37. The van der Waals surface area contributed by atoms with Gasteiger partial charge in [-0.1, -0.05) is 42.1 Å². The fourth-order valence-electron chi connectivity index (χ4n) is 3.98. The molecule has 2 aromatic carbocycles. The highest BCUT2D eigenvalue weighted by atomic mass is 32.2. The molecule has 0 bridgehead atoms. The second kappa shape index (κ2) is 10.0. The first kappa shape index (κ1) is 22.1. The first-order chi connectivity index (χ1) is 16.7. The number of anilines is 1. The van der Waals surface area contributed by atoms with Gasteiger partial charge in [-0.3, -0.25) is 14.3 Å². The van der Waals surface area contributed by atoms with Crippen LogP contribution in [-0.2, 0) is 4.79 Å². The average molecular weight is 475 g/mol. The number of thioether (sulfide) groups is 1. The lowest BCUT2D eigenvalue weighted by Crippen LogP contribution is -2.49. The summed E-state index contributed by atoms with van der Waals surface area (Å²) in [7, 11) is 0. The van der Waals surface area contributed by atoms with Crippen molar-refractivity contribution in [2.24, 2.45) is 0 Å². The first-order valence-electron chi connectivity index (χ1n) is 11.0. The quantitative estimate of drug-likeness (QED) is 0.395. The molecular weight excluding hydrogens is 451 g/mol. The van der Waals surface area contributed by atoms with Crippen molar-refractivity contribution >= 4 is 23.4 Å². The van der Waals surface area contributed by atoms with Gasteiger partial charge in [-0.2, -0.15) is 0 Å². The summed E-state index contributed by atoms with van der Waals surface area (Å²) in [6.07, 6.45) is 3.44. The molecule has 0 saturated carbocycles. The number of carbonyl (C=O) groups excluding carboxylic acids is 1. The number of pyridine rings is 1. The van der Waals surface area contributed by atoms with Crippen molar-refractivity contribution in [3.8, 4) is 17.1 Å². The number of aromatic nitrogens is 4. The number of nitrogens with zero attached hydrogens (tertiary/aromatic N) is 6. The van der Waals surface area contributed by atoms with Crippen LogP contribution in [0.5, 0.6) is 0 Å². The predicted octanol–water partition coefficient (Wildman–Crippen LogP) is 3.91. The Hall–Kier alpha value is -3.72. The average Bonchev–Trinajstić information content (AvgIpc) is 3.33. The zero-order valence-electron chi connectivity index (χ0n) is 18.4. The molecule has 0 unspecified atom stereocenters. The minimum Gasteiger partial charge on any atom is -0.366 e. The summed E-state index contributed by atoms with van der Waals surface area (Å²) in [4.78, 5) is 20.9. The summed E-state index contributed by atoms with van der Waals surface area (Å²) < 4.78 is 16.1. The summed E-state index contributed by atoms with van der Waals surface area (Å²) in [5.74, 6) is 0.748. The third-order valence-electron chi connectivity index (χ3n) is 5.74. The molecule has 4 aromatic rings. The third-order valence-corrected chi connectivity index (χ3v) is 6.65. The number of piperazine rings is 1. The molecule has 5 rings (SSSR count). The Balaban J connectivity index is 1.28. The summed E-state index contributed by atoms with van der Waals surface area (Å²) in [6.45, 7) is 2.32. The highest BCUT2D eigenvalue weighted by Gasteiger charge is 2.24. The van der Waals surface area contributed by atoms with E-state index in [1.165, 1.54) is 17.8 Å². The Bertz CT molecular complexity index is 1260. The van der Waals surface area contributed by atoms with E-state index in [9.17, 15) is 9.18 Å². The molecule has 9 heteroatoms. The number of rotatable bonds is 6. The molecule has 0 aliphatic carbocycles. The first-order valence-corrected chi connectivity index (χ1v) is 12.0. The zero-order valence-corrected chi connectivity index (χ0v) is 19.2. The summed E-state index contributed by atoms with van der Waals surface area (Å²) in [5, 5.41) is 9.43. The van der Waals surface area contributed by atoms with Gasteiger partial charge in [-0.05, 0) is 36.4 Å². The van der Waals surface area contributed by atoms with E-state index < -0.39 is 0 Å². The molecule has 1 aliphatic rings. The number of benzene rings is 2. The molecule has 1 saturated heterocycles. The number of amides is 1. The number of carbonyl (C=O) groups is 1. The Morgan fingerprint density at radius 1 is 0.882 bits per heavy atom. The Morgan fingerprint density at radius 3 is 2.32 bits per heavy atom. The lowest BCUT2D eigenvalue weighted by Gasteiger charge is -2.36. The topological polar surface area (TPSA) is 67.2 Å². The second-order valence-corrected chi connectivity index (χ2v) is 8.76. The number of hydrogen-bond donors (Lipinski definition) is 0. The van der Waals surface area contributed by atoms with Gasteiger partial charge in [0.05, 0.1) is 11.4 Å². The fourth-order valence-corrected chi connectivity index (χ4v) is 4.84. The van der Waals surface area contributed by atoms with E-state index in [0.29, 0.717) is 42.8 Å². The van der Waals surface area contributed by atoms with Gasteiger partial charge in [0.2, 0.25) is 5.91 Å². The van der Waals surface area contributed by atoms with E-state index in [-0.39, 0.29) is 17.5 Å². The van der Waals surface area contributed by atoms with Crippen molar-refractivity contribution in [3.05, 3.63) is 84.9 Å². The van der Waals surface area contributed by atoms with E-state index in [2.05, 4.69) is 15.2 Å². The van der Waals surface area contributed by atoms with Crippen molar-refractivity contribution in [3.63, 3.8) is 0 Å². The Labute approximate surface area is 201 Å². The Morgan fingerprint density at radius 2 is 1.59 bits per heavy atom. The molecule has 3 heterocycles. The van der Waals surface area contributed by atoms with Crippen LogP contribution in [0, 0.1) is 5.82 Å². The van der Waals surface area contributed by atoms with Crippen molar-refractivity contribution in [2.45, 2.75) is 5.16 Å². The lowest BCUT2D eigenvalue weighted by molar-refractivity contribution is -0.128. The predicted molar refractivity (Wildman–Crippen MR) is 131 cm³/mol. The van der Waals surface area contributed by atoms with Gasteiger partial charge in [0, 0.05) is 49.8 Å². The van der Waals surface area contributed by atoms with Crippen LogP contribution in [0.4, 0.5) is 10.1 Å². The molecule has 172 valence electrons. The van der Waals surface area contributed by atoms with Gasteiger partial charge in [0.15, 0.2) is 11.0 Å². The molecule has 1 fully saturated rings. The molecule has 34 heavy (non-hydrogen) atoms. The SMILES string of the molecule is O=C(CSc1nnc(-c2ccncc2)n1-c1ccccc1)N1CCN(c2ccccc2F)CC1. The smallest absolute Gasteiger partial charge is 0.233 e. The van der Waals surface area contributed by atoms with Gasteiger partial charge in [0.25, 0.3) is 0 Å². The van der Waals surface area contributed by atoms with Crippen LogP contribution in [0.15, 0.2) is 84.3 Å². The molecule has 1 aliphatic heterocycles. The maximum absolute atomic E-state index is 14.1. The van der Waals surface area contributed by atoms with Gasteiger partial charge in [-0.25, -0.2) is 4.39 Å². The van der Waals surface area contributed by atoms with Gasteiger partial charge in [0.1, 0.15) is 5.82 Å². The van der Waals surface area contributed by atoms with Crippen molar-refractivity contribution < 1.29 is 9.18 Å². The van der Waals surface area contributed by atoms with Gasteiger partial charge >= 0.3 is 0 Å². The molecule has 0 radical (unpaired) electrons. The van der Waals surface area contributed by atoms with Crippen molar-refractivity contribution in [1.82, 2.24) is 24.6 Å². The van der Waals surface area contributed by atoms with Crippen LogP contribution >= 0.6 is 11.8 Å². The minimum absolute atomic E-state index is 0.0336. The van der Waals surface area contributed by atoms with Crippen LogP contribution in [-0.4, -0.2) is 62.5 Å². The number of halogens is 1.